The van der Waals surface area contributed by atoms with Crippen LogP contribution in [0.1, 0.15) is 24.5 Å². The lowest BCUT2D eigenvalue weighted by atomic mass is 10.0. The summed E-state index contributed by atoms with van der Waals surface area (Å²) in [7, 11) is 1.93. The quantitative estimate of drug-likeness (QED) is 0.940. The molecule has 2 unspecified atom stereocenters. The fraction of sp³-hybridized carbons (Fsp3) is 0.444. The summed E-state index contributed by atoms with van der Waals surface area (Å²) in [5, 5.41) is 23.3. The number of aliphatic hydroxyl groups excluding tert-OH is 1. The van der Waals surface area contributed by atoms with E-state index in [2.05, 4.69) is 22.3 Å². The van der Waals surface area contributed by atoms with Gasteiger partial charge in [-0.1, -0.05) is 12.1 Å². The SMILES string of the molecule is CC(O)C1CCN(Cc2cn(C)nc2-c2ccc(C#N)cc2)C1. The number of nitriles is 1. The third-order valence-corrected chi connectivity index (χ3v) is 4.58. The van der Waals surface area contributed by atoms with Crippen molar-refractivity contribution in [2.45, 2.75) is 26.0 Å². The van der Waals surface area contributed by atoms with Crippen molar-refractivity contribution in [3.05, 3.63) is 41.6 Å². The molecular formula is C18H22N4O. The Hall–Kier alpha value is -2.16. The van der Waals surface area contributed by atoms with E-state index in [1.54, 1.807) is 0 Å². The van der Waals surface area contributed by atoms with E-state index in [1.807, 2.05) is 42.9 Å². The van der Waals surface area contributed by atoms with E-state index in [0.717, 1.165) is 37.3 Å². The van der Waals surface area contributed by atoms with Gasteiger partial charge in [0.25, 0.3) is 0 Å². The first-order valence-electron chi connectivity index (χ1n) is 8.00. The molecule has 1 aromatic carbocycles. The summed E-state index contributed by atoms with van der Waals surface area (Å²) in [5.41, 5.74) is 3.84. The van der Waals surface area contributed by atoms with Crippen LogP contribution < -0.4 is 0 Å². The molecule has 5 heteroatoms. The van der Waals surface area contributed by atoms with Crippen molar-refractivity contribution in [1.29, 1.82) is 5.26 Å². The molecule has 23 heavy (non-hydrogen) atoms. The highest BCUT2D eigenvalue weighted by atomic mass is 16.3. The molecule has 0 bridgehead atoms. The van der Waals surface area contributed by atoms with E-state index in [-0.39, 0.29) is 6.10 Å². The van der Waals surface area contributed by atoms with Crippen LogP contribution in [0.2, 0.25) is 0 Å². The Kier molecular flexibility index (Phi) is 4.46. The zero-order valence-electron chi connectivity index (χ0n) is 13.6. The van der Waals surface area contributed by atoms with Crippen LogP contribution in [0.25, 0.3) is 11.3 Å². The highest BCUT2D eigenvalue weighted by molar-refractivity contribution is 5.63. The summed E-state index contributed by atoms with van der Waals surface area (Å²) in [6, 6.07) is 9.70. The molecule has 0 amide bonds. The van der Waals surface area contributed by atoms with Crippen LogP contribution >= 0.6 is 0 Å². The molecule has 1 N–H and O–H groups in total. The highest BCUT2D eigenvalue weighted by Gasteiger charge is 2.26. The molecule has 0 aliphatic carbocycles. The van der Waals surface area contributed by atoms with Crippen LogP contribution in [-0.4, -0.2) is 39.0 Å². The number of nitrogens with zero attached hydrogens (tertiary/aromatic N) is 4. The number of hydrogen-bond acceptors (Lipinski definition) is 4. The van der Waals surface area contributed by atoms with Gasteiger partial charge >= 0.3 is 0 Å². The number of likely N-dealkylation sites (tertiary alicyclic amines) is 1. The Morgan fingerprint density at radius 3 is 2.74 bits per heavy atom. The summed E-state index contributed by atoms with van der Waals surface area (Å²) < 4.78 is 1.84. The Balaban J connectivity index is 1.79. The van der Waals surface area contributed by atoms with Crippen molar-refractivity contribution in [3.8, 4) is 17.3 Å². The fourth-order valence-corrected chi connectivity index (χ4v) is 3.24. The lowest BCUT2D eigenvalue weighted by Crippen LogP contribution is -2.24. The molecule has 3 rings (SSSR count). The summed E-state index contributed by atoms with van der Waals surface area (Å²) in [5.74, 6) is 0.366. The predicted octanol–water partition coefficient (Wildman–Crippen LogP) is 2.16. The molecule has 120 valence electrons. The van der Waals surface area contributed by atoms with Gasteiger partial charge in [-0.3, -0.25) is 9.58 Å². The molecule has 1 aromatic heterocycles. The molecule has 0 saturated carbocycles. The molecule has 2 heterocycles. The topological polar surface area (TPSA) is 65.1 Å². The number of hydrogen-bond donors (Lipinski definition) is 1. The van der Waals surface area contributed by atoms with Gasteiger partial charge < -0.3 is 5.11 Å². The zero-order chi connectivity index (χ0) is 16.4. The third kappa shape index (κ3) is 3.44. The minimum absolute atomic E-state index is 0.244. The minimum atomic E-state index is -0.244. The first kappa shape index (κ1) is 15.7. The summed E-state index contributed by atoms with van der Waals surface area (Å²) >= 11 is 0. The van der Waals surface area contributed by atoms with Crippen LogP contribution in [0.5, 0.6) is 0 Å². The smallest absolute Gasteiger partial charge is 0.0991 e. The molecular weight excluding hydrogens is 288 g/mol. The Morgan fingerprint density at radius 2 is 2.13 bits per heavy atom. The molecule has 5 nitrogen and oxygen atoms in total. The van der Waals surface area contributed by atoms with Gasteiger partial charge in [-0.2, -0.15) is 10.4 Å². The number of aliphatic hydroxyl groups is 1. The zero-order valence-corrected chi connectivity index (χ0v) is 13.6. The Bertz CT molecular complexity index is 712. The average Bonchev–Trinajstić information content (AvgIpc) is 3.15. The second-order valence-electron chi connectivity index (χ2n) is 6.39. The van der Waals surface area contributed by atoms with Crippen molar-refractivity contribution in [2.24, 2.45) is 13.0 Å². The molecule has 0 radical (unpaired) electrons. The Labute approximate surface area is 136 Å². The molecule has 1 fully saturated rings. The van der Waals surface area contributed by atoms with Gasteiger partial charge in [-0.25, -0.2) is 0 Å². The van der Waals surface area contributed by atoms with Crippen molar-refractivity contribution < 1.29 is 5.11 Å². The van der Waals surface area contributed by atoms with Gasteiger partial charge in [0.05, 0.1) is 23.4 Å². The standard InChI is InChI=1S/C18H22N4O/c1-13(23)16-7-8-22(11-16)12-17-10-21(2)20-18(17)15-5-3-14(9-19)4-6-15/h3-6,10,13,16,23H,7-8,11-12H2,1-2H3. The molecule has 2 aromatic rings. The van der Waals surface area contributed by atoms with Gasteiger partial charge in [0.2, 0.25) is 0 Å². The minimum Gasteiger partial charge on any atom is -0.393 e. The number of aromatic nitrogens is 2. The van der Waals surface area contributed by atoms with Gasteiger partial charge in [0.1, 0.15) is 0 Å². The van der Waals surface area contributed by atoms with E-state index in [9.17, 15) is 5.11 Å². The molecule has 1 aliphatic heterocycles. The lowest BCUT2D eigenvalue weighted by molar-refractivity contribution is 0.127. The van der Waals surface area contributed by atoms with E-state index >= 15 is 0 Å². The van der Waals surface area contributed by atoms with Crippen LogP contribution in [0.3, 0.4) is 0 Å². The summed E-state index contributed by atoms with van der Waals surface area (Å²) in [4.78, 5) is 2.38. The first-order valence-corrected chi connectivity index (χ1v) is 8.00. The summed E-state index contributed by atoms with van der Waals surface area (Å²) in [6.07, 6.45) is 2.86. The van der Waals surface area contributed by atoms with Crippen LogP contribution in [0.15, 0.2) is 30.5 Å². The maximum Gasteiger partial charge on any atom is 0.0991 e. The normalized spacial score (nSPS) is 19.7. The second-order valence-corrected chi connectivity index (χ2v) is 6.39. The van der Waals surface area contributed by atoms with Gasteiger partial charge in [-0.15, -0.1) is 0 Å². The van der Waals surface area contributed by atoms with Crippen molar-refractivity contribution >= 4 is 0 Å². The van der Waals surface area contributed by atoms with Gasteiger partial charge in [0, 0.05) is 37.5 Å². The van der Waals surface area contributed by atoms with Gasteiger partial charge in [-0.05, 0) is 37.9 Å². The molecule has 1 saturated heterocycles. The first-order chi connectivity index (χ1) is 11.1. The van der Waals surface area contributed by atoms with Crippen molar-refractivity contribution in [2.75, 3.05) is 13.1 Å². The largest absolute Gasteiger partial charge is 0.393 e. The van der Waals surface area contributed by atoms with Crippen LogP contribution in [0.4, 0.5) is 0 Å². The van der Waals surface area contributed by atoms with Crippen molar-refractivity contribution in [3.63, 3.8) is 0 Å². The van der Waals surface area contributed by atoms with E-state index in [1.165, 1.54) is 5.56 Å². The van der Waals surface area contributed by atoms with E-state index in [4.69, 9.17) is 5.26 Å². The highest BCUT2D eigenvalue weighted by Crippen LogP contribution is 2.26. The van der Waals surface area contributed by atoms with E-state index < -0.39 is 0 Å². The molecule has 0 spiro atoms. The maximum atomic E-state index is 9.75. The fourth-order valence-electron chi connectivity index (χ4n) is 3.24. The number of benzene rings is 1. The van der Waals surface area contributed by atoms with Crippen LogP contribution in [-0.2, 0) is 13.6 Å². The second kappa shape index (κ2) is 6.53. The Morgan fingerprint density at radius 1 is 1.39 bits per heavy atom. The van der Waals surface area contributed by atoms with Gasteiger partial charge in [0.15, 0.2) is 0 Å². The predicted molar refractivity (Wildman–Crippen MR) is 88.4 cm³/mol. The number of aryl methyl sites for hydroxylation is 1. The monoisotopic (exact) mass is 310 g/mol. The number of rotatable bonds is 4. The third-order valence-electron chi connectivity index (χ3n) is 4.58. The molecule has 2 atom stereocenters. The molecule has 1 aliphatic rings. The average molecular weight is 310 g/mol. The maximum absolute atomic E-state index is 9.75. The van der Waals surface area contributed by atoms with Crippen LogP contribution in [0, 0.1) is 17.2 Å². The van der Waals surface area contributed by atoms with E-state index in [0.29, 0.717) is 11.5 Å². The lowest BCUT2D eigenvalue weighted by Gasteiger charge is -2.17. The summed E-state index contributed by atoms with van der Waals surface area (Å²) in [6.45, 7) is 4.66. The van der Waals surface area contributed by atoms with Crippen molar-refractivity contribution in [1.82, 2.24) is 14.7 Å².